The smallest absolute Gasteiger partial charge is 0.335 e. The van der Waals surface area contributed by atoms with Crippen molar-refractivity contribution >= 4 is 5.97 Å². The highest BCUT2D eigenvalue weighted by Crippen LogP contribution is 2.39. The summed E-state index contributed by atoms with van der Waals surface area (Å²) in [5, 5.41) is 0. The first-order valence-corrected chi connectivity index (χ1v) is 6.39. The Morgan fingerprint density at radius 2 is 2.10 bits per heavy atom. The molecule has 0 amide bonds. The zero-order chi connectivity index (χ0) is 14.9. The van der Waals surface area contributed by atoms with Gasteiger partial charge in [0, 0.05) is 0 Å². The van der Waals surface area contributed by atoms with Gasteiger partial charge in [0.05, 0.1) is 19.3 Å². The summed E-state index contributed by atoms with van der Waals surface area (Å²) in [6.45, 7) is 11.0. The standard InChI is InChI=1S/C14H20O6/c1-6-9-10(17-7-8(2)12(15)16-5)11-13(18-9)20-14(3,4)19-11/h6,9-11,13H,1-2,7H2,3-5H3/t9-,10+,11-,13-/m1/s1. The number of carbonyl (C=O) groups is 1. The number of methoxy groups -OCH3 is 1. The summed E-state index contributed by atoms with van der Waals surface area (Å²) in [7, 11) is 1.30. The topological polar surface area (TPSA) is 63.2 Å². The Labute approximate surface area is 118 Å². The summed E-state index contributed by atoms with van der Waals surface area (Å²) in [5.74, 6) is -1.22. The molecule has 0 N–H and O–H groups in total. The molecule has 2 aliphatic heterocycles. The van der Waals surface area contributed by atoms with Gasteiger partial charge in [-0.3, -0.25) is 0 Å². The van der Waals surface area contributed by atoms with E-state index in [1.165, 1.54) is 7.11 Å². The Bertz CT molecular complexity index is 416. The van der Waals surface area contributed by atoms with Gasteiger partial charge in [-0.05, 0) is 13.8 Å². The molecule has 0 saturated carbocycles. The monoisotopic (exact) mass is 284 g/mol. The third-order valence-electron chi connectivity index (χ3n) is 3.18. The fourth-order valence-electron chi connectivity index (χ4n) is 2.28. The lowest BCUT2D eigenvalue weighted by Crippen LogP contribution is -2.36. The summed E-state index contributed by atoms with van der Waals surface area (Å²) in [5.41, 5.74) is 0.233. The van der Waals surface area contributed by atoms with Crippen molar-refractivity contribution < 1.29 is 28.5 Å². The summed E-state index contributed by atoms with van der Waals surface area (Å²) < 4.78 is 27.3. The molecular weight excluding hydrogens is 264 g/mol. The third kappa shape index (κ3) is 2.93. The number of ether oxygens (including phenoxy) is 5. The molecule has 112 valence electrons. The van der Waals surface area contributed by atoms with Crippen LogP contribution in [-0.2, 0) is 28.5 Å². The van der Waals surface area contributed by atoms with E-state index in [1.807, 2.05) is 13.8 Å². The van der Waals surface area contributed by atoms with Crippen LogP contribution in [0.3, 0.4) is 0 Å². The first-order valence-electron chi connectivity index (χ1n) is 6.39. The molecule has 0 aliphatic carbocycles. The summed E-state index contributed by atoms with van der Waals surface area (Å²) in [6.07, 6.45) is 0.0129. The Morgan fingerprint density at radius 1 is 1.40 bits per heavy atom. The maximum absolute atomic E-state index is 11.3. The van der Waals surface area contributed by atoms with E-state index in [0.29, 0.717) is 0 Å². The van der Waals surface area contributed by atoms with Crippen molar-refractivity contribution in [1.82, 2.24) is 0 Å². The van der Waals surface area contributed by atoms with Gasteiger partial charge in [-0.1, -0.05) is 12.7 Å². The normalized spacial score (nSPS) is 34.5. The summed E-state index contributed by atoms with van der Waals surface area (Å²) in [6, 6.07) is 0. The molecule has 0 bridgehead atoms. The van der Waals surface area contributed by atoms with E-state index in [1.54, 1.807) is 6.08 Å². The number of esters is 1. The van der Waals surface area contributed by atoms with Gasteiger partial charge in [0.1, 0.15) is 18.3 Å². The van der Waals surface area contributed by atoms with Crippen LogP contribution < -0.4 is 0 Å². The molecule has 2 fully saturated rings. The van der Waals surface area contributed by atoms with Crippen LogP contribution >= 0.6 is 0 Å². The average Bonchev–Trinajstić information content (AvgIpc) is 2.86. The number of hydrogen-bond donors (Lipinski definition) is 0. The van der Waals surface area contributed by atoms with E-state index >= 15 is 0 Å². The third-order valence-corrected chi connectivity index (χ3v) is 3.18. The van der Waals surface area contributed by atoms with Gasteiger partial charge in [-0.2, -0.15) is 0 Å². The molecule has 0 radical (unpaired) electrons. The van der Waals surface area contributed by atoms with Crippen LogP contribution in [-0.4, -0.2) is 50.1 Å². The van der Waals surface area contributed by atoms with Crippen LogP contribution in [0.5, 0.6) is 0 Å². The second kappa shape index (κ2) is 5.65. The quantitative estimate of drug-likeness (QED) is 0.429. The first kappa shape index (κ1) is 15.2. The van der Waals surface area contributed by atoms with Crippen LogP contribution in [0.25, 0.3) is 0 Å². The fraction of sp³-hybridized carbons (Fsp3) is 0.643. The highest BCUT2D eigenvalue weighted by atomic mass is 16.8. The van der Waals surface area contributed by atoms with Gasteiger partial charge >= 0.3 is 5.97 Å². The molecule has 0 aromatic carbocycles. The zero-order valence-corrected chi connectivity index (χ0v) is 12.0. The summed E-state index contributed by atoms with van der Waals surface area (Å²) in [4.78, 5) is 11.3. The molecule has 0 aromatic heterocycles. The SMILES string of the molecule is C=C[C@H]1O[C@@H]2OC(C)(C)O[C@@H]2[C@H]1OCC(=C)C(=O)OC. The van der Waals surface area contributed by atoms with Gasteiger partial charge in [0.25, 0.3) is 0 Å². The molecule has 6 nitrogen and oxygen atoms in total. The maximum atomic E-state index is 11.3. The van der Waals surface area contributed by atoms with Crippen molar-refractivity contribution in [1.29, 1.82) is 0 Å². The molecule has 20 heavy (non-hydrogen) atoms. The highest BCUT2D eigenvalue weighted by Gasteiger charge is 2.54. The number of fused-ring (bicyclic) bond motifs is 1. The van der Waals surface area contributed by atoms with Gasteiger partial charge < -0.3 is 23.7 Å². The van der Waals surface area contributed by atoms with E-state index in [9.17, 15) is 4.79 Å². The van der Waals surface area contributed by atoms with Crippen LogP contribution in [0.1, 0.15) is 13.8 Å². The largest absolute Gasteiger partial charge is 0.466 e. The predicted molar refractivity (Wildman–Crippen MR) is 69.8 cm³/mol. The molecule has 2 heterocycles. The molecule has 6 heteroatoms. The molecule has 0 unspecified atom stereocenters. The Morgan fingerprint density at radius 3 is 2.70 bits per heavy atom. The van der Waals surface area contributed by atoms with Crippen molar-refractivity contribution in [2.24, 2.45) is 0 Å². The fourth-order valence-corrected chi connectivity index (χ4v) is 2.28. The van der Waals surface area contributed by atoms with Crippen LogP contribution in [0, 0.1) is 0 Å². The van der Waals surface area contributed by atoms with Gasteiger partial charge in [-0.25, -0.2) is 4.79 Å². The molecular formula is C14H20O6. The van der Waals surface area contributed by atoms with E-state index < -0.39 is 24.2 Å². The lowest BCUT2D eigenvalue weighted by Gasteiger charge is -2.24. The van der Waals surface area contributed by atoms with E-state index in [0.717, 1.165) is 0 Å². The molecule has 2 saturated heterocycles. The van der Waals surface area contributed by atoms with E-state index in [2.05, 4.69) is 17.9 Å². The Kier molecular flexibility index (Phi) is 4.29. The van der Waals surface area contributed by atoms with Gasteiger partial charge in [0.2, 0.25) is 0 Å². The van der Waals surface area contributed by atoms with Crippen LogP contribution in [0.2, 0.25) is 0 Å². The lowest BCUT2D eigenvalue weighted by atomic mass is 10.1. The van der Waals surface area contributed by atoms with Gasteiger partial charge in [-0.15, -0.1) is 6.58 Å². The molecule has 4 atom stereocenters. The minimum Gasteiger partial charge on any atom is -0.466 e. The number of hydrogen-bond acceptors (Lipinski definition) is 6. The Hall–Kier alpha value is -1.21. The number of carbonyl (C=O) groups excluding carboxylic acids is 1. The molecule has 2 rings (SSSR count). The second-order valence-electron chi connectivity index (χ2n) is 5.18. The van der Waals surface area contributed by atoms with Gasteiger partial charge in [0.15, 0.2) is 12.1 Å². The predicted octanol–water partition coefficient (Wildman–Crippen LogP) is 1.16. The molecule has 0 spiro atoms. The summed E-state index contributed by atoms with van der Waals surface area (Å²) >= 11 is 0. The van der Waals surface area contributed by atoms with Crippen molar-refractivity contribution in [3.8, 4) is 0 Å². The molecule has 2 aliphatic rings. The first-order chi connectivity index (χ1) is 9.38. The highest BCUT2D eigenvalue weighted by molar-refractivity contribution is 5.87. The van der Waals surface area contributed by atoms with Crippen LogP contribution in [0.15, 0.2) is 24.8 Å². The minimum absolute atomic E-state index is 0.0397. The van der Waals surface area contributed by atoms with Crippen molar-refractivity contribution in [2.75, 3.05) is 13.7 Å². The van der Waals surface area contributed by atoms with Crippen molar-refractivity contribution in [3.63, 3.8) is 0 Å². The number of rotatable bonds is 5. The van der Waals surface area contributed by atoms with E-state index in [-0.39, 0.29) is 24.4 Å². The average molecular weight is 284 g/mol. The van der Waals surface area contributed by atoms with Crippen molar-refractivity contribution in [3.05, 3.63) is 24.8 Å². The van der Waals surface area contributed by atoms with Crippen molar-refractivity contribution in [2.45, 2.75) is 44.2 Å². The van der Waals surface area contributed by atoms with E-state index in [4.69, 9.17) is 18.9 Å². The Balaban J connectivity index is 1.99. The second-order valence-corrected chi connectivity index (χ2v) is 5.18. The minimum atomic E-state index is -0.720. The molecule has 0 aromatic rings. The zero-order valence-electron chi connectivity index (χ0n) is 12.0. The maximum Gasteiger partial charge on any atom is 0.335 e. The van der Waals surface area contributed by atoms with Crippen LogP contribution in [0.4, 0.5) is 0 Å². The lowest BCUT2D eigenvalue weighted by molar-refractivity contribution is -0.211.